The lowest BCUT2D eigenvalue weighted by Gasteiger charge is -2.22. The number of fused-ring (bicyclic) bond motifs is 4. The smallest absolute Gasteiger partial charge is 0.116 e. The second-order valence-corrected chi connectivity index (χ2v) is 16.4. The van der Waals surface area contributed by atoms with Gasteiger partial charge in [0.05, 0.1) is 24.0 Å². The molecule has 0 N–H and O–H groups in total. The van der Waals surface area contributed by atoms with Crippen molar-refractivity contribution in [1.82, 2.24) is 9.97 Å². The normalized spacial score (nSPS) is 13.3. The molecular weight excluding hydrogens is 412 g/mol. The summed E-state index contributed by atoms with van der Waals surface area (Å²) >= 11 is 1.79. The van der Waals surface area contributed by atoms with Crippen molar-refractivity contribution in [1.29, 1.82) is 0 Å². The zero-order chi connectivity index (χ0) is 22.8. The number of hydrogen-bond acceptors (Lipinski definition) is 3. The molecule has 0 spiro atoms. The molecule has 0 atom stereocenters. The van der Waals surface area contributed by atoms with E-state index in [9.17, 15) is 0 Å². The third-order valence-corrected chi connectivity index (χ3v) is 9.43. The molecule has 156 valence electrons. The molecule has 0 fully saturated rings. The summed E-state index contributed by atoms with van der Waals surface area (Å²) in [6, 6.07) is 19.6. The molecule has 0 aliphatic carbocycles. The number of rotatable bonds is 2. The lowest BCUT2D eigenvalue weighted by Crippen LogP contribution is -2.37. The van der Waals surface area contributed by atoms with Crippen LogP contribution in [-0.4, -0.2) is 18.0 Å². The molecule has 0 amide bonds. The fraction of sp³-hybridized carbons (Fsp3) is 0.259. The van der Waals surface area contributed by atoms with Crippen LogP contribution in [0.15, 0.2) is 60.9 Å². The first-order chi connectivity index (χ1) is 15.0. The largest absolute Gasteiger partial charge is 0.235 e. The SMILES string of the molecule is [2H]c1nc(-c2cc(C(C)(C)C)c3ccccc3c2)c2sc3c([Si](C)(C)C)cccc3c2n1. The lowest BCUT2D eigenvalue weighted by molar-refractivity contribution is 0.596. The van der Waals surface area contributed by atoms with Crippen molar-refractivity contribution in [3.63, 3.8) is 0 Å². The molecule has 4 heteroatoms. The van der Waals surface area contributed by atoms with Crippen molar-refractivity contribution in [2.24, 2.45) is 0 Å². The van der Waals surface area contributed by atoms with Crippen LogP contribution >= 0.6 is 11.3 Å². The van der Waals surface area contributed by atoms with Crippen molar-refractivity contribution < 1.29 is 1.37 Å². The van der Waals surface area contributed by atoms with Gasteiger partial charge in [-0.15, -0.1) is 11.3 Å². The van der Waals surface area contributed by atoms with E-state index in [0.717, 1.165) is 26.9 Å². The van der Waals surface area contributed by atoms with Gasteiger partial charge in [0.2, 0.25) is 0 Å². The fourth-order valence-electron chi connectivity index (χ4n) is 4.41. The maximum atomic E-state index is 8.39. The summed E-state index contributed by atoms with van der Waals surface area (Å²) < 4.78 is 10.8. The third kappa shape index (κ3) is 3.38. The predicted molar refractivity (Wildman–Crippen MR) is 140 cm³/mol. The van der Waals surface area contributed by atoms with E-state index in [0.29, 0.717) is 0 Å². The molecule has 2 heterocycles. The highest BCUT2D eigenvalue weighted by atomic mass is 32.1. The first kappa shape index (κ1) is 19.1. The van der Waals surface area contributed by atoms with Crippen molar-refractivity contribution in [2.45, 2.75) is 45.8 Å². The van der Waals surface area contributed by atoms with Crippen molar-refractivity contribution in [3.05, 3.63) is 66.5 Å². The molecule has 5 aromatic rings. The maximum absolute atomic E-state index is 8.39. The second-order valence-electron chi connectivity index (χ2n) is 10.4. The Morgan fingerprint density at radius 1 is 0.871 bits per heavy atom. The van der Waals surface area contributed by atoms with Crippen LogP contribution in [0.25, 0.3) is 42.3 Å². The van der Waals surface area contributed by atoms with Crippen LogP contribution in [-0.2, 0) is 5.41 Å². The van der Waals surface area contributed by atoms with E-state index >= 15 is 0 Å². The van der Waals surface area contributed by atoms with Crippen molar-refractivity contribution >= 4 is 55.7 Å². The number of aromatic nitrogens is 2. The zero-order valence-corrected chi connectivity index (χ0v) is 20.8. The van der Waals surface area contributed by atoms with Crippen LogP contribution in [0.3, 0.4) is 0 Å². The Morgan fingerprint density at radius 3 is 2.35 bits per heavy atom. The van der Waals surface area contributed by atoms with Crippen LogP contribution in [0, 0.1) is 0 Å². The minimum absolute atomic E-state index is 0.00325. The van der Waals surface area contributed by atoms with Crippen molar-refractivity contribution in [3.8, 4) is 11.3 Å². The molecule has 0 aliphatic rings. The number of nitrogens with zero attached hydrogens (tertiary/aromatic N) is 2. The van der Waals surface area contributed by atoms with Gasteiger partial charge in [-0.25, -0.2) is 9.97 Å². The Kier molecular flexibility index (Phi) is 4.31. The highest BCUT2D eigenvalue weighted by molar-refractivity contribution is 7.28. The summed E-state index contributed by atoms with van der Waals surface area (Å²) in [7, 11) is -1.53. The molecule has 2 aromatic heterocycles. The average molecular weight is 442 g/mol. The molecule has 2 nitrogen and oxygen atoms in total. The number of thiophene rings is 1. The van der Waals surface area contributed by atoms with Gasteiger partial charge in [-0.2, -0.15) is 0 Å². The summed E-state index contributed by atoms with van der Waals surface area (Å²) in [4.78, 5) is 9.25. The molecule has 0 radical (unpaired) electrons. The Balaban J connectivity index is 1.89. The number of hydrogen-bond donors (Lipinski definition) is 0. The zero-order valence-electron chi connectivity index (χ0n) is 20.0. The van der Waals surface area contributed by atoms with Gasteiger partial charge in [-0.05, 0) is 39.1 Å². The van der Waals surface area contributed by atoms with E-state index in [-0.39, 0.29) is 11.7 Å². The Bertz CT molecular complexity index is 1510. The quantitative estimate of drug-likeness (QED) is 0.265. The third-order valence-electron chi connectivity index (χ3n) is 5.98. The van der Waals surface area contributed by atoms with Crippen molar-refractivity contribution in [2.75, 3.05) is 0 Å². The minimum atomic E-state index is -1.53. The summed E-state index contributed by atoms with van der Waals surface area (Å²) in [6.45, 7) is 13.9. The summed E-state index contributed by atoms with van der Waals surface area (Å²) in [6.07, 6.45) is 0.0797. The summed E-state index contributed by atoms with van der Waals surface area (Å²) in [5.74, 6) is 0. The monoisotopic (exact) mass is 441 g/mol. The predicted octanol–water partition coefficient (Wildman–Crippen LogP) is 7.51. The Hall–Kier alpha value is -2.56. The van der Waals surface area contributed by atoms with Gasteiger partial charge in [0.25, 0.3) is 0 Å². The Morgan fingerprint density at radius 2 is 1.61 bits per heavy atom. The van der Waals surface area contributed by atoms with Gasteiger partial charge < -0.3 is 0 Å². The molecular formula is C27H28N2SSi. The second kappa shape index (κ2) is 6.97. The molecule has 5 rings (SSSR count). The fourth-order valence-corrected chi connectivity index (χ4v) is 8.06. The number of benzene rings is 3. The van der Waals surface area contributed by atoms with Gasteiger partial charge in [0.1, 0.15) is 7.67 Å². The van der Waals surface area contributed by atoms with Gasteiger partial charge in [-0.3, -0.25) is 0 Å². The molecule has 0 unspecified atom stereocenters. The molecule has 3 aromatic carbocycles. The van der Waals surface area contributed by atoms with E-state index in [4.69, 9.17) is 1.37 Å². The van der Waals surface area contributed by atoms with E-state index < -0.39 is 8.07 Å². The summed E-state index contributed by atoms with van der Waals surface area (Å²) in [5.41, 5.74) is 4.14. The molecule has 31 heavy (non-hydrogen) atoms. The maximum Gasteiger partial charge on any atom is 0.116 e. The standard InChI is InChI=1S/C27H28N2SSi/c1-27(2,3)21-15-18(14-17-10-7-8-11-19(17)21)23-26-24(29-16-28-23)20-12-9-13-22(25(20)30-26)31(4,5)6/h7-16H,1-6H3/i16D. The lowest BCUT2D eigenvalue weighted by atomic mass is 9.82. The molecule has 0 saturated carbocycles. The van der Waals surface area contributed by atoms with E-state index in [1.54, 1.807) is 11.3 Å². The Labute approximate surface area is 190 Å². The molecule has 0 saturated heterocycles. The van der Waals surface area contributed by atoms with E-state index in [1.807, 2.05) is 0 Å². The first-order valence-electron chi connectivity index (χ1n) is 11.3. The van der Waals surface area contributed by atoms with Crippen LogP contribution in [0.1, 0.15) is 27.7 Å². The minimum Gasteiger partial charge on any atom is -0.235 e. The highest BCUT2D eigenvalue weighted by Crippen LogP contribution is 2.40. The summed E-state index contributed by atoms with van der Waals surface area (Å²) in [5, 5.41) is 5.08. The van der Waals surface area contributed by atoms with E-state index in [2.05, 4.69) is 105 Å². The van der Waals surface area contributed by atoms with Crippen LogP contribution in [0.5, 0.6) is 0 Å². The molecule has 0 bridgehead atoms. The van der Waals surface area contributed by atoms with Crippen LogP contribution in [0.4, 0.5) is 0 Å². The van der Waals surface area contributed by atoms with E-state index in [1.165, 1.54) is 26.2 Å². The van der Waals surface area contributed by atoms with Gasteiger partial charge in [0, 0.05) is 15.6 Å². The first-order valence-corrected chi connectivity index (χ1v) is 15.1. The van der Waals surface area contributed by atoms with Crippen LogP contribution in [0.2, 0.25) is 19.6 Å². The average Bonchev–Trinajstić information content (AvgIpc) is 3.09. The van der Waals surface area contributed by atoms with Gasteiger partial charge in [-0.1, -0.05) is 82.9 Å². The highest BCUT2D eigenvalue weighted by Gasteiger charge is 2.24. The van der Waals surface area contributed by atoms with Gasteiger partial charge >= 0.3 is 0 Å². The molecule has 0 aliphatic heterocycles. The van der Waals surface area contributed by atoms with Gasteiger partial charge in [0.15, 0.2) is 0 Å². The van der Waals surface area contributed by atoms with Crippen LogP contribution < -0.4 is 5.19 Å². The topological polar surface area (TPSA) is 25.8 Å².